The van der Waals surface area contributed by atoms with Crippen molar-refractivity contribution >= 4 is 28.3 Å². The Morgan fingerprint density at radius 2 is 2.05 bits per heavy atom. The smallest absolute Gasteiger partial charge is 0.141 e. The Balaban J connectivity index is 2.29. The van der Waals surface area contributed by atoms with Gasteiger partial charge in [0.25, 0.3) is 0 Å². The van der Waals surface area contributed by atoms with Crippen LogP contribution >= 0.6 is 11.6 Å². The van der Waals surface area contributed by atoms with Crippen LogP contribution < -0.4 is 5.73 Å². The number of nitrogens with two attached hydrogens (primary N) is 1. The molecule has 0 amide bonds. The van der Waals surface area contributed by atoms with Crippen molar-refractivity contribution in [3.63, 3.8) is 0 Å². The minimum Gasteiger partial charge on any atom is -0.399 e. The van der Waals surface area contributed by atoms with Gasteiger partial charge in [-0.15, -0.1) is 0 Å². The van der Waals surface area contributed by atoms with E-state index in [1.807, 2.05) is 42.5 Å². The van der Waals surface area contributed by atoms with Crippen molar-refractivity contribution in [2.45, 2.75) is 13.5 Å². The first-order valence-corrected chi connectivity index (χ1v) is 6.58. The Kier molecular flexibility index (Phi) is 2.91. The van der Waals surface area contributed by atoms with Gasteiger partial charge in [0.05, 0.1) is 11.0 Å². The molecular weight excluding hydrogens is 258 g/mol. The summed E-state index contributed by atoms with van der Waals surface area (Å²) in [5, 5.41) is 0.723. The van der Waals surface area contributed by atoms with Gasteiger partial charge < -0.3 is 10.3 Å². The normalized spacial score (nSPS) is 11.1. The number of hydrogen-bond acceptors (Lipinski definition) is 2. The van der Waals surface area contributed by atoms with Crippen LogP contribution in [0.5, 0.6) is 0 Å². The molecule has 19 heavy (non-hydrogen) atoms. The fraction of sp³-hybridized carbons (Fsp3) is 0.133. The highest BCUT2D eigenvalue weighted by atomic mass is 35.5. The number of halogens is 1. The Hall–Kier alpha value is -2.00. The molecule has 3 aromatic rings. The summed E-state index contributed by atoms with van der Waals surface area (Å²) in [6, 6.07) is 13.5. The van der Waals surface area contributed by atoms with Crippen LogP contribution in [0, 0.1) is 0 Å². The topological polar surface area (TPSA) is 43.8 Å². The number of aryl methyl sites for hydroxylation is 1. The lowest BCUT2D eigenvalue weighted by Crippen LogP contribution is -1.98. The van der Waals surface area contributed by atoms with Crippen molar-refractivity contribution in [2.75, 3.05) is 5.73 Å². The Morgan fingerprint density at radius 3 is 2.79 bits per heavy atom. The number of rotatable bonds is 2. The summed E-state index contributed by atoms with van der Waals surface area (Å²) in [5.74, 6) is 0.923. The van der Waals surface area contributed by atoms with Gasteiger partial charge >= 0.3 is 0 Å². The maximum Gasteiger partial charge on any atom is 0.141 e. The second-order valence-corrected chi connectivity index (χ2v) is 4.87. The predicted molar refractivity (Wildman–Crippen MR) is 80.3 cm³/mol. The second-order valence-electron chi connectivity index (χ2n) is 4.44. The van der Waals surface area contributed by atoms with Gasteiger partial charge in [0, 0.05) is 22.8 Å². The Labute approximate surface area is 116 Å². The number of imidazole rings is 1. The van der Waals surface area contributed by atoms with E-state index in [1.165, 1.54) is 0 Å². The first-order valence-electron chi connectivity index (χ1n) is 6.20. The van der Waals surface area contributed by atoms with E-state index < -0.39 is 0 Å². The maximum absolute atomic E-state index is 6.07. The number of nitrogens with zero attached hydrogens (tertiary/aromatic N) is 2. The lowest BCUT2D eigenvalue weighted by molar-refractivity contribution is 0.796. The zero-order chi connectivity index (χ0) is 13.4. The summed E-state index contributed by atoms with van der Waals surface area (Å²) in [4.78, 5) is 4.68. The van der Waals surface area contributed by atoms with E-state index in [1.54, 1.807) is 0 Å². The molecule has 0 unspecified atom stereocenters. The summed E-state index contributed by atoms with van der Waals surface area (Å²) >= 11 is 6.07. The third kappa shape index (κ3) is 2.06. The van der Waals surface area contributed by atoms with E-state index in [0.717, 1.165) is 39.7 Å². The van der Waals surface area contributed by atoms with E-state index in [2.05, 4.69) is 16.5 Å². The van der Waals surface area contributed by atoms with E-state index in [0.29, 0.717) is 0 Å². The fourth-order valence-corrected chi connectivity index (χ4v) is 2.48. The van der Waals surface area contributed by atoms with Gasteiger partial charge in [0.2, 0.25) is 0 Å². The molecule has 0 aliphatic heterocycles. The van der Waals surface area contributed by atoms with Gasteiger partial charge in [-0.05, 0) is 37.3 Å². The minimum absolute atomic E-state index is 0.723. The molecule has 1 heterocycles. The van der Waals surface area contributed by atoms with Crippen LogP contribution in [0.2, 0.25) is 5.02 Å². The maximum atomic E-state index is 6.07. The lowest BCUT2D eigenvalue weighted by atomic mass is 10.2. The molecule has 0 spiro atoms. The van der Waals surface area contributed by atoms with Crippen LogP contribution in [-0.4, -0.2) is 9.55 Å². The fourth-order valence-electron chi connectivity index (χ4n) is 2.31. The molecule has 96 valence electrons. The first-order chi connectivity index (χ1) is 9.19. The van der Waals surface area contributed by atoms with Gasteiger partial charge in [0.15, 0.2) is 0 Å². The van der Waals surface area contributed by atoms with Crippen molar-refractivity contribution in [3.8, 4) is 11.4 Å². The number of benzene rings is 2. The summed E-state index contributed by atoms with van der Waals surface area (Å²) in [6.07, 6.45) is 0. The lowest BCUT2D eigenvalue weighted by Gasteiger charge is -2.06. The summed E-state index contributed by atoms with van der Waals surface area (Å²) in [5.41, 5.74) is 9.61. The van der Waals surface area contributed by atoms with Crippen molar-refractivity contribution < 1.29 is 0 Å². The summed E-state index contributed by atoms with van der Waals surface area (Å²) in [7, 11) is 0. The number of aromatic nitrogens is 2. The molecule has 2 N–H and O–H groups in total. The van der Waals surface area contributed by atoms with E-state index in [9.17, 15) is 0 Å². The van der Waals surface area contributed by atoms with Crippen LogP contribution in [0.4, 0.5) is 5.69 Å². The number of fused-ring (bicyclic) bond motifs is 1. The van der Waals surface area contributed by atoms with Crippen LogP contribution in [0.1, 0.15) is 6.92 Å². The molecule has 0 fully saturated rings. The predicted octanol–water partition coefficient (Wildman–Crippen LogP) is 3.96. The molecule has 0 aliphatic rings. The van der Waals surface area contributed by atoms with Gasteiger partial charge in [-0.25, -0.2) is 4.98 Å². The van der Waals surface area contributed by atoms with Crippen molar-refractivity contribution in [1.29, 1.82) is 0 Å². The number of hydrogen-bond donors (Lipinski definition) is 1. The van der Waals surface area contributed by atoms with Gasteiger partial charge in [-0.2, -0.15) is 0 Å². The number of nitrogen functional groups attached to an aromatic ring is 1. The second kappa shape index (κ2) is 4.59. The molecule has 2 aromatic carbocycles. The highest BCUT2D eigenvalue weighted by Gasteiger charge is 2.11. The van der Waals surface area contributed by atoms with Gasteiger partial charge in [-0.3, -0.25) is 0 Å². The van der Waals surface area contributed by atoms with E-state index >= 15 is 0 Å². The van der Waals surface area contributed by atoms with Gasteiger partial charge in [0.1, 0.15) is 5.82 Å². The third-order valence-corrected chi connectivity index (χ3v) is 3.41. The molecule has 0 radical (unpaired) electrons. The first kappa shape index (κ1) is 12.1. The molecule has 1 aromatic heterocycles. The molecule has 0 aliphatic carbocycles. The van der Waals surface area contributed by atoms with Crippen LogP contribution in [-0.2, 0) is 6.54 Å². The monoisotopic (exact) mass is 271 g/mol. The van der Waals surface area contributed by atoms with Crippen LogP contribution in [0.15, 0.2) is 42.5 Å². The van der Waals surface area contributed by atoms with Crippen molar-refractivity contribution in [2.24, 2.45) is 0 Å². The van der Waals surface area contributed by atoms with E-state index in [-0.39, 0.29) is 0 Å². The molecule has 0 atom stereocenters. The molecule has 0 saturated carbocycles. The highest BCUT2D eigenvalue weighted by molar-refractivity contribution is 6.31. The molecule has 0 bridgehead atoms. The summed E-state index contributed by atoms with van der Waals surface area (Å²) in [6.45, 7) is 2.93. The zero-order valence-electron chi connectivity index (χ0n) is 10.6. The molecule has 3 nitrogen and oxygen atoms in total. The zero-order valence-corrected chi connectivity index (χ0v) is 11.4. The third-order valence-electron chi connectivity index (χ3n) is 3.17. The number of anilines is 1. The minimum atomic E-state index is 0.723. The van der Waals surface area contributed by atoms with E-state index in [4.69, 9.17) is 17.3 Å². The highest BCUT2D eigenvalue weighted by Crippen LogP contribution is 2.27. The quantitative estimate of drug-likeness (QED) is 0.717. The SMILES string of the molecule is CCn1c(-c2cccc(N)c2)nc2ccc(Cl)cc21. The Morgan fingerprint density at radius 1 is 1.21 bits per heavy atom. The van der Waals surface area contributed by atoms with Crippen LogP contribution in [0.25, 0.3) is 22.4 Å². The van der Waals surface area contributed by atoms with Crippen molar-refractivity contribution in [3.05, 3.63) is 47.5 Å². The summed E-state index contributed by atoms with van der Waals surface area (Å²) < 4.78 is 2.15. The average molecular weight is 272 g/mol. The largest absolute Gasteiger partial charge is 0.399 e. The average Bonchev–Trinajstić information content (AvgIpc) is 2.76. The molecule has 0 saturated heterocycles. The standard InChI is InChI=1S/C15H14ClN3/c1-2-19-14-9-11(16)6-7-13(14)18-15(19)10-4-3-5-12(17)8-10/h3-9H,2,17H2,1H3. The molecule has 3 rings (SSSR count). The molecule has 4 heteroatoms. The van der Waals surface area contributed by atoms with Gasteiger partial charge in [-0.1, -0.05) is 23.7 Å². The molecular formula is C15H14ClN3. The Bertz CT molecular complexity index is 746. The van der Waals surface area contributed by atoms with Crippen molar-refractivity contribution in [1.82, 2.24) is 9.55 Å². The van der Waals surface area contributed by atoms with Crippen LogP contribution in [0.3, 0.4) is 0 Å².